The zero-order valence-electron chi connectivity index (χ0n) is 42.9. The zero-order chi connectivity index (χ0) is 55.4. The van der Waals surface area contributed by atoms with Crippen molar-refractivity contribution in [2.24, 2.45) is 5.16 Å². The fourth-order valence-electron chi connectivity index (χ4n) is 8.93. The molecule has 3 aliphatic heterocycles. The lowest BCUT2D eigenvalue weighted by Gasteiger charge is -2.42. The average Bonchev–Trinajstić information content (AvgIpc) is 3.95. The Morgan fingerprint density at radius 2 is 1.45 bits per heavy atom. The molecule has 0 saturated carbocycles. The van der Waals surface area contributed by atoms with E-state index in [0.717, 1.165) is 21.9 Å². The Bertz CT molecular complexity index is 3070. The molecule has 0 aliphatic carbocycles. The number of fused-ring (bicyclic) bond motifs is 5. The fourth-order valence-corrected chi connectivity index (χ4v) is 9.95. The van der Waals surface area contributed by atoms with E-state index in [2.05, 4.69) is 10.5 Å². The van der Waals surface area contributed by atoms with Crippen LogP contribution >= 0.6 is 7.82 Å². The fraction of sp³-hybridized carbons (Fsp3) is 0.352. The summed E-state index contributed by atoms with van der Waals surface area (Å²) < 4.78 is 82.2. The number of carbonyl (C=O) groups is 5. The van der Waals surface area contributed by atoms with Crippen molar-refractivity contribution >= 4 is 43.5 Å². The van der Waals surface area contributed by atoms with E-state index in [4.69, 9.17) is 37.4 Å². The number of ether oxygens (including phenoxy) is 4. The summed E-state index contributed by atoms with van der Waals surface area (Å²) in [6.07, 6.45) is 0.348. The normalized spacial score (nSPS) is 17.5. The number of hydrogen-bond donors (Lipinski definition) is 1. The standard InChI is InChI=1S/C54H57F2N6O15P/c1-36-26-54(77-58-36)22-21-37(2)61-29-45(54)62-28-43(50(65)57-27-41-19-20-42(55)25-44(41)56)48(64)49(47(62)51(61)66)71-34-72-52(67)59(3)23-24-60(30-46(63)70-31-38-13-7-4-8-14-38)53(68)73-35-76-78(69,74-32-39-15-9-5-10-16-39)75-33-40-17-11-6-12-18-40/h4-20,25,28,37,45H,21-24,26-27,29-35H2,1-3H3,(H,57,65)/t37-,45+,54-/m0/s1. The van der Waals surface area contributed by atoms with Gasteiger partial charge in [0.05, 0.1) is 25.0 Å². The van der Waals surface area contributed by atoms with E-state index < -0.39 is 104 Å². The van der Waals surface area contributed by atoms with Crippen LogP contribution in [0.15, 0.2) is 125 Å². The molecule has 4 aromatic carbocycles. The maximum absolute atomic E-state index is 14.6. The van der Waals surface area contributed by atoms with Gasteiger partial charge < -0.3 is 43.5 Å². The van der Waals surface area contributed by atoms with E-state index in [0.29, 0.717) is 47.7 Å². The van der Waals surface area contributed by atoms with Crippen LogP contribution < -0.4 is 15.5 Å². The molecule has 3 atom stereocenters. The Morgan fingerprint density at radius 3 is 2.06 bits per heavy atom. The largest absolute Gasteiger partial charge is 0.478 e. The van der Waals surface area contributed by atoms with Gasteiger partial charge in [-0.3, -0.25) is 33.1 Å². The second kappa shape index (κ2) is 25.4. The number of esters is 1. The van der Waals surface area contributed by atoms with E-state index in [1.807, 2.05) is 6.92 Å². The number of carbonyl (C=O) groups excluding carboxylic acids is 5. The average molecular weight is 1100 g/mol. The minimum Gasteiger partial charge on any atom is -0.459 e. The lowest BCUT2D eigenvalue weighted by molar-refractivity contribution is -0.146. The van der Waals surface area contributed by atoms with Crippen LogP contribution in [0.4, 0.5) is 18.4 Å². The number of rotatable bonds is 22. The summed E-state index contributed by atoms with van der Waals surface area (Å²) in [5, 5.41) is 6.71. The number of nitrogens with one attached hydrogen (secondary N) is 1. The highest BCUT2D eigenvalue weighted by atomic mass is 31.2. The molecule has 4 heterocycles. The van der Waals surface area contributed by atoms with Gasteiger partial charge in [-0.05, 0) is 49.4 Å². The molecule has 21 nitrogen and oxygen atoms in total. The first-order valence-electron chi connectivity index (χ1n) is 24.8. The Kier molecular flexibility index (Phi) is 18.3. The summed E-state index contributed by atoms with van der Waals surface area (Å²) in [4.78, 5) is 92.6. The SMILES string of the molecule is CC1=NO[C@@]2(CC[C@H](C)N3C[C@H]2n2cc(C(=O)NCc4ccc(F)cc4F)c(=O)c(OCOC(=O)N(C)CCN(CC(=O)OCc4ccccc4)C(=O)OCOP(=O)(OCc4ccccc4)OCc4ccccc4)c2C3=O)C1. The van der Waals surface area contributed by atoms with Crippen molar-refractivity contribution in [2.75, 3.05) is 46.8 Å². The molecule has 2 bridgehead atoms. The van der Waals surface area contributed by atoms with Gasteiger partial charge in [-0.15, -0.1) is 0 Å². The van der Waals surface area contributed by atoms with Crippen molar-refractivity contribution in [1.29, 1.82) is 0 Å². The predicted octanol–water partition coefficient (Wildman–Crippen LogP) is 7.87. The topological polar surface area (TPSA) is 232 Å². The summed E-state index contributed by atoms with van der Waals surface area (Å²) in [6.45, 7) is -0.427. The molecule has 1 spiro atoms. The molecule has 5 aromatic rings. The molecule has 1 aromatic heterocycles. The second-order valence-electron chi connectivity index (χ2n) is 18.7. The third-order valence-corrected chi connectivity index (χ3v) is 14.5. The number of nitrogens with zero attached hydrogens (tertiary/aromatic N) is 5. The first-order chi connectivity index (χ1) is 37.5. The molecular weight excluding hydrogens is 1040 g/mol. The Labute approximate surface area is 447 Å². The van der Waals surface area contributed by atoms with E-state index in [1.165, 1.54) is 17.8 Å². The Balaban J connectivity index is 0.960. The van der Waals surface area contributed by atoms with Crippen LogP contribution in [-0.2, 0) is 68.3 Å². The van der Waals surface area contributed by atoms with Gasteiger partial charge in [0.1, 0.15) is 30.3 Å². The Morgan fingerprint density at radius 1 is 0.821 bits per heavy atom. The van der Waals surface area contributed by atoms with Crippen LogP contribution in [-0.4, -0.2) is 113 Å². The quantitative estimate of drug-likeness (QED) is 0.0301. The number of pyridine rings is 1. The van der Waals surface area contributed by atoms with E-state index in [9.17, 15) is 42.1 Å². The molecule has 0 radical (unpaired) electrons. The molecule has 4 amide bonds. The van der Waals surface area contributed by atoms with Crippen LogP contribution in [0.1, 0.15) is 82.3 Å². The summed E-state index contributed by atoms with van der Waals surface area (Å²) >= 11 is 0. The maximum atomic E-state index is 14.6. The predicted molar refractivity (Wildman–Crippen MR) is 273 cm³/mol. The summed E-state index contributed by atoms with van der Waals surface area (Å²) in [5.41, 5.74) is -0.214. The number of aromatic nitrogens is 1. The van der Waals surface area contributed by atoms with Crippen molar-refractivity contribution in [3.63, 3.8) is 0 Å². The van der Waals surface area contributed by atoms with E-state index in [1.54, 1.807) is 103 Å². The number of halogens is 2. The van der Waals surface area contributed by atoms with Crippen molar-refractivity contribution in [2.45, 2.75) is 77.2 Å². The zero-order valence-corrected chi connectivity index (χ0v) is 43.8. The molecule has 3 aliphatic rings. The summed E-state index contributed by atoms with van der Waals surface area (Å²) in [7, 11) is -3.11. The lowest BCUT2D eigenvalue weighted by atomic mass is 9.84. The summed E-state index contributed by atoms with van der Waals surface area (Å²) in [6, 6.07) is 28.1. The first kappa shape index (κ1) is 56.2. The minimum absolute atomic E-state index is 0.0705. The van der Waals surface area contributed by atoms with Gasteiger partial charge in [-0.1, -0.05) is 102 Å². The molecule has 0 unspecified atom stereocenters. The van der Waals surface area contributed by atoms with Gasteiger partial charge in [-0.2, -0.15) is 0 Å². The molecule has 78 heavy (non-hydrogen) atoms. The van der Waals surface area contributed by atoms with Crippen LogP contribution in [0.3, 0.4) is 0 Å². The number of phosphoric ester groups is 1. The second-order valence-corrected chi connectivity index (χ2v) is 20.3. The highest BCUT2D eigenvalue weighted by Crippen LogP contribution is 2.51. The number of likely N-dealkylation sites (N-methyl/N-ethyl adjacent to an activating group) is 1. The van der Waals surface area contributed by atoms with Crippen LogP contribution in [0.25, 0.3) is 0 Å². The van der Waals surface area contributed by atoms with Gasteiger partial charge >= 0.3 is 26.0 Å². The van der Waals surface area contributed by atoms with Gasteiger partial charge in [0.2, 0.25) is 24.8 Å². The third kappa shape index (κ3) is 13.9. The molecule has 412 valence electrons. The van der Waals surface area contributed by atoms with E-state index >= 15 is 0 Å². The molecule has 1 saturated heterocycles. The number of hydrogen-bond acceptors (Lipinski definition) is 16. The van der Waals surface area contributed by atoms with Gasteiger partial charge in [-0.25, -0.2) is 27.5 Å². The molecule has 8 rings (SSSR count). The van der Waals surface area contributed by atoms with Crippen molar-refractivity contribution in [1.82, 2.24) is 24.6 Å². The van der Waals surface area contributed by atoms with E-state index in [-0.39, 0.29) is 56.8 Å². The number of oxime groups is 1. The van der Waals surface area contributed by atoms with Gasteiger partial charge in [0.25, 0.3) is 11.8 Å². The monoisotopic (exact) mass is 1100 g/mol. The van der Waals surface area contributed by atoms with Crippen molar-refractivity contribution in [3.05, 3.63) is 171 Å². The highest BCUT2D eigenvalue weighted by molar-refractivity contribution is 7.48. The third-order valence-electron chi connectivity index (χ3n) is 13.2. The number of phosphoric acid groups is 1. The molecule has 1 N–H and O–H groups in total. The Hall–Kier alpha value is -7.98. The van der Waals surface area contributed by atoms with Crippen LogP contribution in [0.2, 0.25) is 0 Å². The lowest BCUT2D eigenvalue weighted by Crippen LogP contribution is -2.52. The van der Waals surface area contributed by atoms with Crippen molar-refractivity contribution < 1.29 is 74.7 Å². The first-order valence-corrected chi connectivity index (χ1v) is 26.2. The molecule has 24 heteroatoms. The minimum atomic E-state index is -4.41. The van der Waals surface area contributed by atoms with Crippen LogP contribution in [0.5, 0.6) is 5.75 Å². The van der Waals surface area contributed by atoms with Crippen LogP contribution in [0, 0.1) is 11.6 Å². The highest BCUT2D eigenvalue weighted by Gasteiger charge is 2.54. The molecular formula is C54H57F2N6O15P. The maximum Gasteiger partial charge on any atom is 0.478 e. The smallest absolute Gasteiger partial charge is 0.459 e. The molecule has 1 fully saturated rings. The van der Waals surface area contributed by atoms with Gasteiger partial charge in [0.15, 0.2) is 11.3 Å². The van der Waals surface area contributed by atoms with Gasteiger partial charge in [0, 0.05) is 63.5 Å². The van der Waals surface area contributed by atoms with Crippen molar-refractivity contribution in [3.8, 4) is 5.75 Å². The summed E-state index contributed by atoms with van der Waals surface area (Å²) in [5.74, 6) is -4.82. The number of benzene rings is 4. The number of amides is 4.